The number of hydrogen-bond acceptors (Lipinski definition) is 1. The standard InChI is InChI=1S/C12H15ClN2/c1-3-15-9(8-14-2)7-10-11(13)5-4-6-12(10)15/h4-7,14H,3,8H2,1-2H3. The summed E-state index contributed by atoms with van der Waals surface area (Å²) in [7, 11) is 1.96. The second-order valence-corrected chi connectivity index (χ2v) is 3.99. The quantitative estimate of drug-likeness (QED) is 0.845. The lowest BCUT2D eigenvalue weighted by Crippen LogP contribution is -2.10. The molecule has 2 aromatic rings. The van der Waals surface area contributed by atoms with Crippen LogP contribution in [0.2, 0.25) is 5.02 Å². The van der Waals surface area contributed by atoms with Gasteiger partial charge in [-0.1, -0.05) is 17.7 Å². The van der Waals surface area contributed by atoms with E-state index in [-0.39, 0.29) is 0 Å². The van der Waals surface area contributed by atoms with E-state index >= 15 is 0 Å². The van der Waals surface area contributed by atoms with Crippen LogP contribution in [0.25, 0.3) is 10.9 Å². The molecule has 0 aliphatic carbocycles. The fourth-order valence-corrected chi connectivity index (χ4v) is 2.23. The van der Waals surface area contributed by atoms with Crippen molar-refractivity contribution in [2.24, 2.45) is 0 Å². The maximum atomic E-state index is 6.17. The Morgan fingerprint density at radius 2 is 2.20 bits per heavy atom. The van der Waals surface area contributed by atoms with E-state index in [2.05, 4.69) is 28.9 Å². The van der Waals surface area contributed by atoms with Crippen LogP contribution in [0.5, 0.6) is 0 Å². The Hall–Kier alpha value is -0.990. The zero-order valence-electron chi connectivity index (χ0n) is 9.05. The summed E-state index contributed by atoms with van der Waals surface area (Å²) < 4.78 is 2.29. The van der Waals surface area contributed by atoms with E-state index in [4.69, 9.17) is 11.6 Å². The van der Waals surface area contributed by atoms with Crippen LogP contribution in [0.1, 0.15) is 12.6 Å². The molecule has 80 valence electrons. The van der Waals surface area contributed by atoms with Gasteiger partial charge in [-0.25, -0.2) is 0 Å². The molecule has 1 aromatic carbocycles. The highest BCUT2D eigenvalue weighted by Crippen LogP contribution is 2.26. The molecule has 2 rings (SSSR count). The van der Waals surface area contributed by atoms with E-state index in [1.807, 2.05) is 19.2 Å². The predicted octanol–water partition coefficient (Wildman–Crippen LogP) is 3.03. The Labute approximate surface area is 94.8 Å². The number of benzene rings is 1. The van der Waals surface area contributed by atoms with E-state index in [9.17, 15) is 0 Å². The molecule has 3 heteroatoms. The average molecular weight is 223 g/mol. The van der Waals surface area contributed by atoms with Gasteiger partial charge in [0.25, 0.3) is 0 Å². The summed E-state index contributed by atoms with van der Waals surface area (Å²) >= 11 is 6.17. The normalized spacial score (nSPS) is 11.1. The van der Waals surface area contributed by atoms with Gasteiger partial charge in [-0.3, -0.25) is 0 Å². The zero-order chi connectivity index (χ0) is 10.8. The molecular formula is C12H15ClN2. The topological polar surface area (TPSA) is 17.0 Å². The Bertz CT molecular complexity index is 474. The minimum Gasteiger partial charge on any atom is -0.344 e. The number of aryl methyl sites for hydroxylation is 1. The molecule has 1 heterocycles. The highest BCUT2D eigenvalue weighted by Gasteiger charge is 2.08. The summed E-state index contributed by atoms with van der Waals surface area (Å²) in [5, 5.41) is 5.15. The Morgan fingerprint density at radius 1 is 1.40 bits per heavy atom. The molecular weight excluding hydrogens is 208 g/mol. The van der Waals surface area contributed by atoms with E-state index < -0.39 is 0 Å². The number of hydrogen-bond donors (Lipinski definition) is 1. The van der Waals surface area contributed by atoms with Gasteiger partial charge in [-0.2, -0.15) is 0 Å². The zero-order valence-corrected chi connectivity index (χ0v) is 9.80. The lowest BCUT2D eigenvalue weighted by atomic mass is 10.2. The number of nitrogens with zero attached hydrogens (tertiary/aromatic N) is 1. The van der Waals surface area contributed by atoms with Gasteiger partial charge >= 0.3 is 0 Å². The van der Waals surface area contributed by atoms with Crippen molar-refractivity contribution in [3.05, 3.63) is 35.0 Å². The summed E-state index contributed by atoms with van der Waals surface area (Å²) in [5.41, 5.74) is 2.50. The fraction of sp³-hybridized carbons (Fsp3) is 0.333. The molecule has 15 heavy (non-hydrogen) atoms. The molecule has 0 aliphatic heterocycles. The van der Waals surface area contributed by atoms with E-state index in [0.717, 1.165) is 23.5 Å². The summed E-state index contributed by atoms with van der Waals surface area (Å²) in [4.78, 5) is 0. The van der Waals surface area contributed by atoms with Crippen molar-refractivity contribution in [1.82, 2.24) is 9.88 Å². The molecule has 0 saturated carbocycles. The van der Waals surface area contributed by atoms with Crippen molar-refractivity contribution in [2.75, 3.05) is 7.05 Å². The Kier molecular flexibility index (Phi) is 2.98. The molecule has 0 amide bonds. The fourth-order valence-electron chi connectivity index (χ4n) is 2.00. The minimum atomic E-state index is 0.831. The van der Waals surface area contributed by atoms with Crippen LogP contribution < -0.4 is 5.32 Å². The van der Waals surface area contributed by atoms with Gasteiger partial charge < -0.3 is 9.88 Å². The third kappa shape index (κ3) is 1.75. The van der Waals surface area contributed by atoms with Crippen molar-refractivity contribution in [2.45, 2.75) is 20.0 Å². The van der Waals surface area contributed by atoms with Gasteiger partial charge in [0, 0.05) is 34.7 Å². The molecule has 0 spiro atoms. The van der Waals surface area contributed by atoms with Crippen molar-refractivity contribution in [3.8, 4) is 0 Å². The molecule has 0 bridgehead atoms. The molecule has 0 aliphatic rings. The number of nitrogens with one attached hydrogen (secondary N) is 1. The second-order valence-electron chi connectivity index (χ2n) is 3.58. The summed E-state index contributed by atoms with van der Waals surface area (Å²) in [5.74, 6) is 0. The maximum Gasteiger partial charge on any atom is 0.0499 e. The van der Waals surface area contributed by atoms with Gasteiger partial charge in [0.1, 0.15) is 0 Å². The van der Waals surface area contributed by atoms with E-state index in [0.29, 0.717) is 0 Å². The van der Waals surface area contributed by atoms with Crippen molar-refractivity contribution in [3.63, 3.8) is 0 Å². The van der Waals surface area contributed by atoms with Crippen LogP contribution in [0.15, 0.2) is 24.3 Å². The van der Waals surface area contributed by atoms with Crippen LogP contribution >= 0.6 is 11.6 Å². The first-order chi connectivity index (χ1) is 7.27. The first kappa shape index (κ1) is 10.5. The monoisotopic (exact) mass is 222 g/mol. The van der Waals surface area contributed by atoms with Crippen LogP contribution in [0.4, 0.5) is 0 Å². The molecule has 0 fully saturated rings. The SMILES string of the molecule is CCn1c(CNC)cc2c(Cl)cccc21. The molecule has 0 saturated heterocycles. The third-order valence-electron chi connectivity index (χ3n) is 2.65. The van der Waals surface area contributed by atoms with Gasteiger partial charge in [0.2, 0.25) is 0 Å². The first-order valence-electron chi connectivity index (χ1n) is 5.19. The molecule has 0 unspecified atom stereocenters. The van der Waals surface area contributed by atoms with Gasteiger partial charge in [-0.15, -0.1) is 0 Å². The summed E-state index contributed by atoms with van der Waals surface area (Å²) in [6.07, 6.45) is 0. The Balaban J connectivity index is 2.67. The van der Waals surface area contributed by atoms with Gasteiger partial charge in [0.05, 0.1) is 0 Å². The second kappa shape index (κ2) is 4.25. The third-order valence-corrected chi connectivity index (χ3v) is 2.98. The summed E-state index contributed by atoms with van der Waals surface area (Å²) in [6, 6.07) is 8.22. The van der Waals surface area contributed by atoms with Crippen LogP contribution in [0, 0.1) is 0 Å². The number of halogens is 1. The van der Waals surface area contributed by atoms with Crippen LogP contribution in [-0.4, -0.2) is 11.6 Å². The minimum absolute atomic E-state index is 0.831. The van der Waals surface area contributed by atoms with E-state index in [1.54, 1.807) is 0 Å². The molecule has 1 N–H and O–H groups in total. The van der Waals surface area contributed by atoms with Crippen LogP contribution in [-0.2, 0) is 13.1 Å². The van der Waals surface area contributed by atoms with E-state index in [1.165, 1.54) is 11.2 Å². The smallest absolute Gasteiger partial charge is 0.0499 e. The van der Waals surface area contributed by atoms with Gasteiger partial charge in [0.15, 0.2) is 0 Å². The van der Waals surface area contributed by atoms with Gasteiger partial charge in [-0.05, 0) is 32.2 Å². The average Bonchev–Trinajstić information content (AvgIpc) is 2.58. The molecule has 0 atom stereocenters. The number of aromatic nitrogens is 1. The summed E-state index contributed by atoms with van der Waals surface area (Å²) in [6.45, 7) is 4.00. The number of rotatable bonds is 3. The molecule has 2 nitrogen and oxygen atoms in total. The Morgan fingerprint density at radius 3 is 2.87 bits per heavy atom. The first-order valence-corrected chi connectivity index (χ1v) is 5.57. The molecule has 1 aromatic heterocycles. The predicted molar refractivity (Wildman–Crippen MR) is 65.4 cm³/mol. The van der Waals surface area contributed by atoms with Crippen LogP contribution in [0.3, 0.4) is 0 Å². The maximum absolute atomic E-state index is 6.17. The highest BCUT2D eigenvalue weighted by atomic mass is 35.5. The largest absolute Gasteiger partial charge is 0.344 e. The van der Waals surface area contributed by atoms with Crippen molar-refractivity contribution >= 4 is 22.5 Å². The number of fused-ring (bicyclic) bond motifs is 1. The lowest BCUT2D eigenvalue weighted by molar-refractivity contribution is 0.692. The lowest BCUT2D eigenvalue weighted by Gasteiger charge is -2.06. The highest BCUT2D eigenvalue weighted by molar-refractivity contribution is 6.35. The van der Waals surface area contributed by atoms with Crippen molar-refractivity contribution in [1.29, 1.82) is 0 Å². The molecule has 0 radical (unpaired) electrons. The van der Waals surface area contributed by atoms with Crippen molar-refractivity contribution < 1.29 is 0 Å².